The van der Waals surface area contributed by atoms with E-state index in [0.29, 0.717) is 32.8 Å². The fourth-order valence-corrected chi connectivity index (χ4v) is 5.71. The second kappa shape index (κ2) is 15.5. The summed E-state index contributed by atoms with van der Waals surface area (Å²) in [4.78, 5) is 12.2. The number of esters is 1. The minimum Gasteiger partial charge on any atom is -0.491 e. The van der Waals surface area contributed by atoms with E-state index in [1.54, 1.807) is 6.92 Å². The van der Waals surface area contributed by atoms with Crippen molar-refractivity contribution in [1.29, 1.82) is 0 Å². The minimum atomic E-state index is -0.609. The Bertz CT molecular complexity index is 1540. The highest BCUT2D eigenvalue weighted by molar-refractivity contribution is 5.78. The zero-order valence-corrected chi connectivity index (χ0v) is 26.0. The molecule has 5 rings (SSSR count). The van der Waals surface area contributed by atoms with Crippen molar-refractivity contribution in [2.24, 2.45) is 0 Å². The standard InChI is InChI=1S/C39H42O5/c1-4-41-37(39(40)42-5-2)27-30-16-20-33(21-17-30)43-24-25-44-38-35-22-14-28(3)26-32(35)19-23-34-31(12-9-13-36(34)38)18-15-29-10-7-6-8-11-29/h6-14,16-17,19-23,26,37-38H,4-5,15,18,24-25,27H2,1-3H3. The second-order valence-electron chi connectivity index (χ2n) is 11.0. The third-order valence-electron chi connectivity index (χ3n) is 7.89. The van der Waals surface area contributed by atoms with Gasteiger partial charge in [-0.15, -0.1) is 0 Å². The average molecular weight is 591 g/mol. The molecular formula is C39H42O5. The summed E-state index contributed by atoms with van der Waals surface area (Å²) in [5.41, 5.74) is 9.66. The van der Waals surface area contributed by atoms with Gasteiger partial charge in [-0.2, -0.15) is 0 Å². The van der Waals surface area contributed by atoms with Crippen LogP contribution in [0.3, 0.4) is 0 Å². The van der Waals surface area contributed by atoms with Crippen molar-refractivity contribution in [3.63, 3.8) is 0 Å². The number of ether oxygens (including phenoxy) is 4. The summed E-state index contributed by atoms with van der Waals surface area (Å²) >= 11 is 0. The van der Waals surface area contributed by atoms with Gasteiger partial charge in [0.2, 0.25) is 0 Å². The number of hydrogen-bond donors (Lipinski definition) is 0. The van der Waals surface area contributed by atoms with Crippen molar-refractivity contribution >= 4 is 18.1 Å². The van der Waals surface area contributed by atoms with Crippen molar-refractivity contribution in [3.05, 3.63) is 136 Å². The largest absolute Gasteiger partial charge is 0.491 e. The molecule has 0 aromatic heterocycles. The number of hydrogen-bond acceptors (Lipinski definition) is 5. The van der Waals surface area contributed by atoms with Gasteiger partial charge in [0.1, 0.15) is 18.5 Å². The maximum absolute atomic E-state index is 12.2. The van der Waals surface area contributed by atoms with Crippen LogP contribution < -0.4 is 4.74 Å². The number of benzene rings is 4. The Morgan fingerprint density at radius 2 is 1.59 bits per heavy atom. The molecule has 0 radical (unpaired) electrons. The number of carbonyl (C=O) groups is 1. The first-order valence-electron chi connectivity index (χ1n) is 15.6. The van der Waals surface area contributed by atoms with Crippen LogP contribution in [0.5, 0.6) is 5.75 Å². The number of rotatable bonds is 14. The van der Waals surface area contributed by atoms with E-state index < -0.39 is 6.10 Å². The summed E-state index contributed by atoms with van der Waals surface area (Å²) in [6.07, 6.45) is 6.09. The van der Waals surface area contributed by atoms with Crippen LogP contribution in [0.2, 0.25) is 0 Å². The van der Waals surface area contributed by atoms with Gasteiger partial charge in [0.05, 0.1) is 13.2 Å². The zero-order chi connectivity index (χ0) is 30.7. The van der Waals surface area contributed by atoms with Gasteiger partial charge in [0.15, 0.2) is 6.10 Å². The van der Waals surface area contributed by atoms with E-state index in [0.717, 1.165) is 24.2 Å². The van der Waals surface area contributed by atoms with Gasteiger partial charge in [-0.3, -0.25) is 0 Å². The minimum absolute atomic E-state index is 0.198. The lowest BCUT2D eigenvalue weighted by Gasteiger charge is -2.23. The molecule has 0 N–H and O–H groups in total. The van der Waals surface area contributed by atoms with Gasteiger partial charge in [-0.1, -0.05) is 96.6 Å². The van der Waals surface area contributed by atoms with Crippen molar-refractivity contribution in [2.75, 3.05) is 26.4 Å². The van der Waals surface area contributed by atoms with Crippen LogP contribution in [0.1, 0.15) is 64.5 Å². The molecule has 0 saturated carbocycles. The molecule has 2 unspecified atom stereocenters. The average Bonchev–Trinajstić information content (AvgIpc) is 3.20. The molecule has 4 aromatic carbocycles. The molecular weight excluding hydrogens is 548 g/mol. The first-order valence-corrected chi connectivity index (χ1v) is 15.6. The molecule has 5 heteroatoms. The summed E-state index contributed by atoms with van der Waals surface area (Å²) in [6.45, 7) is 7.43. The normalized spacial score (nSPS) is 14.3. The summed E-state index contributed by atoms with van der Waals surface area (Å²) < 4.78 is 23.4. The molecule has 44 heavy (non-hydrogen) atoms. The Labute approximate surface area is 261 Å². The number of aryl methyl sites for hydroxylation is 3. The van der Waals surface area contributed by atoms with Crippen LogP contribution in [-0.4, -0.2) is 38.5 Å². The van der Waals surface area contributed by atoms with Crippen LogP contribution in [0, 0.1) is 6.92 Å². The van der Waals surface area contributed by atoms with Gasteiger partial charge < -0.3 is 18.9 Å². The number of carbonyl (C=O) groups excluding carboxylic acids is 1. The number of fused-ring (bicyclic) bond motifs is 2. The molecule has 4 aromatic rings. The Kier molecular flexibility index (Phi) is 11.0. The monoisotopic (exact) mass is 590 g/mol. The lowest BCUT2D eigenvalue weighted by Crippen LogP contribution is -2.28. The predicted octanol–water partition coefficient (Wildman–Crippen LogP) is 7.96. The smallest absolute Gasteiger partial charge is 0.335 e. The van der Waals surface area contributed by atoms with Crippen LogP contribution in [0.25, 0.3) is 12.2 Å². The summed E-state index contributed by atoms with van der Waals surface area (Å²) in [5.74, 6) is 0.422. The third-order valence-corrected chi connectivity index (χ3v) is 7.89. The van der Waals surface area contributed by atoms with E-state index in [4.69, 9.17) is 18.9 Å². The lowest BCUT2D eigenvalue weighted by molar-refractivity contribution is -0.156. The topological polar surface area (TPSA) is 54.0 Å². The second-order valence-corrected chi connectivity index (χ2v) is 11.0. The van der Waals surface area contributed by atoms with Crippen molar-refractivity contribution < 1.29 is 23.7 Å². The molecule has 5 nitrogen and oxygen atoms in total. The van der Waals surface area contributed by atoms with Gasteiger partial charge in [-0.05, 0) is 84.7 Å². The molecule has 0 aliphatic heterocycles. The van der Waals surface area contributed by atoms with E-state index in [9.17, 15) is 4.79 Å². The van der Waals surface area contributed by atoms with E-state index in [2.05, 4.69) is 85.8 Å². The SMILES string of the molecule is CCOC(=O)C(Cc1ccc(OCCOC2c3ccc(C)cc3C=Cc3c(CCc4ccccc4)cccc32)cc1)OCC. The molecule has 0 saturated heterocycles. The van der Waals surface area contributed by atoms with E-state index >= 15 is 0 Å². The molecule has 0 fully saturated rings. The highest BCUT2D eigenvalue weighted by Gasteiger charge is 2.24. The van der Waals surface area contributed by atoms with Gasteiger partial charge >= 0.3 is 5.97 Å². The summed E-state index contributed by atoms with van der Waals surface area (Å²) in [7, 11) is 0. The Balaban J connectivity index is 1.25. The first kappa shape index (κ1) is 31.2. The fraction of sp³-hybridized carbons (Fsp3) is 0.308. The maximum atomic E-state index is 12.2. The zero-order valence-electron chi connectivity index (χ0n) is 26.0. The fourth-order valence-electron chi connectivity index (χ4n) is 5.71. The molecule has 0 heterocycles. The highest BCUT2D eigenvalue weighted by atomic mass is 16.6. The van der Waals surface area contributed by atoms with Crippen LogP contribution in [0.4, 0.5) is 0 Å². The third kappa shape index (κ3) is 8.04. The molecule has 1 aliphatic carbocycles. The van der Waals surface area contributed by atoms with Gasteiger partial charge in [-0.25, -0.2) is 4.79 Å². The maximum Gasteiger partial charge on any atom is 0.335 e. The van der Waals surface area contributed by atoms with E-state index in [1.165, 1.54) is 38.9 Å². The molecule has 228 valence electrons. The molecule has 2 atom stereocenters. The molecule has 1 aliphatic rings. The summed E-state index contributed by atoms with van der Waals surface area (Å²) in [5, 5.41) is 0. The lowest BCUT2D eigenvalue weighted by atomic mass is 9.91. The van der Waals surface area contributed by atoms with Crippen molar-refractivity contribution in [3.8, 4) is 5.75 Å². The Hall–Kier alpha value is -4.19. The van der Waals surface area contributed by atoms with Crippen LogP contribution in [0.15, 0.2) is 91.0 Å². The van der Waals surface area contributed by atoms with E-state index in [-0.39, 0.29) is 12.1 Å². The predicted molar refractivity (Wildman–Crippen MR) is 176 cm³/mol. The summed E-state index contributed by atoms with van der Waals surface area (Å²) in [6, 6.07) is 31.6. The first-order chi connectivity index (χ1) is 21.6. The van der Waals surface area contributed by atoms with Crippen LogP contribution >= 0.6 is 0 Å². The van der Waals surface area contributed by atoms with Crippen molar-refractivity contribution in [2.45, 2.75) is 52.2 Å². The molecule has 0 spiro atoms. The quantitative estimate of drug-likeness (QED) is 0.110. The van der Waals surface area contributed by atoms with Crippen molar-refractivity contribution in [1.82, 2.24) is 0 Å². The molecule has 0 amide bonds. The van der Waals surface area contributed by atoms with Crippen LogP contribution in [-0.2, 0) is 38.3 Å². The Morgan fingerprint density at radius 1 is 0.773 bits per heavy atom. The van der Waals surface area contributed by atoms with Gasteiger partial charge in [0.25, 0.3) is 0 Å². The highest BCUT2D eigenvalue weighted by Crippen LogP contribution is 2.37. The van der Waals surface area contributed by atoms with Gasteiger partial charge in [0, 0.05) is 13.0 Å². The Morgan fingerprint density at radius 3 is 2.36 bits per heavy atom. The molecule has 0 bridgehead atoms. The van der Waals surface area contributed by atoms with E-state index in [1.807, 2.05) is 31.2 Å².